The van der Waals surface area contributed by atoms with Crippen LogP contribution in [0.15, 0.2) is 0 Å². The Hall–Kier alpha value is -0.240. The Labute approximate surface area is 108 Å². The van der Waals surface area contributed by atoms with Crippen molar-refractivity contribution >= 4 is 11.8 Å². The molecule has 0 amide bonds. The van der Waals surface area contributed by atoms with Gasteiger partial charge < -0.3 is 10.0 Å². The number of nitriles is 1. The van der Waals surface area contributed by atoms with Gasteiger partial charge in [0.25, 0.3) is 0 Å². The maximum Gasteiger partial charge on any atom is 0.104 e. The van der Waals surface area contributed by atoms with Gasteiger partial charge >= 0.3 is 0 Å². The molecule has 0 atom stereocenters. The molecule has 0 aromatic heterocycles. The van der Waals surface area contributed by atoms with Crippen LogP contribution in [0.1, 0.15) is 38.5 Å². The number of rotatable bonds is 3. The molecule has 2 fully saturated rings. The van der Waals surface area contributed by atoms with E-state index >= 15 is 0 Å². The van der Waals surface area contributed by atoms with E-state index in [0.29, 0.717) is 0 Å². The van der Waals surface area contributed by atoms with Gasteiger partial charge in [-0.25, -0.2) is 0 Å². The van der Waals surface area contributed by atoms with Gasteiger partial charge in [0.2, 0.25) is 0 Å². The Bertz CT molecular complexity index is 299. The Morgan fingerprint density at radius 1 is 1.24 bits per heavy atom. The zero-order valence-corrected chi connectivity index (χ0v) is 11.4. The zero-order valence-electron chi connectivity index (χ0n) is 10.6. The number of nitrogens with zero attached hydrogens (tertiary/aromatic N) is 2. The topological polar surface area (TPSA) is 47.3 Å². The summed E-state index contributed by atoms with van der Waals surface area (Å²) < 4.78 is -0.172. The third-order valence-corrected chi connectivity index (χ3v) is 5.59. The van der Waals surface area contributed by atoms with Crippen LogP contribution in [0.3, 0.4) is 0 Å². The normalized spacial score (nSPS) is 27.8. The highest BCUT2D eigenvalue weighted by Gasteiger charge is 2.38. The molecule has 0 aromatic rings. The summed E-state index contributed by atoms with van der Waals surface area (Å²) in [6.45, 7) is 2.72. The fourth-order valence-electron chi connectivity index (χ4n) is 3.04. The van der Waals surface area contributed by atoms with Crippen molar-refractivity contribution < 1.29 is 5.11 Å². The van der Waals surface area contributed by atoms with E-state index in [2.05, 4.69) is 11.0 Å². The molecule has 0 unspecified atom stereocenters. The molecule has 2 rings (SSSR count). The summed E-state index contributed by atoms with van der Waals surface area (Å²) in [4.78, 5) is 2.34. The molecule has 0 spiro atoms. The lowest BCUT2D eigenvalue weighted by molar-refractivity contribution is 0.00345. The fraction of sp³-hybridized carbons (Fsp3) is 0.923. The molecule has 1 aliphatic carbocycles. The van der Waals surface area contributed by atoms with Gasteiger partial charge in [0.1, 0.15) is 4.75 Å². The van der Waals surface area contributed by atoms with Crippen molar-refractivity contribution in [2.24, 2.45) is 0 Å². The van der Waals surface area contributed by atoms with Crippen molar-refractivity contribution in [2.75, 3.05) is 25.9 Å². The predicted octanol–water partition coefficient (Wildman–Crippen LogP) is 2.01. The molecular weight excluding hydrogens is 232 g/mol. The van der Waals surface area contributed by atoms with Crippen LogP contribution in [0.5, 0.6) is 0 Å². The molecule has 0 bridgehead atoms. The number of β-amino-alcohol motifs (C(OH)–C–C–N with tert-alkyl or cyclic N) is 1. The van der Waals surface area contributed by atoms with Gasteiger partial charge in [-0.1, -0.05) is 12.8 Å². The number of likely N-dealkylation sites (tertiary alicyclic amines) is 1. The molecule has 1 heterocycles. The lowest BCUT2D eigenvalue weighted by Gasteiger charge is -2.39. The van der Waals surface area contributed by atoms with Gasteiger partial charge in [0, 0.05) is 19.6 Å². The third-order valence-electron chi connectivity index (χ3n) is 4.31. The van der Waals surface area contributed by atoms with Crippen molar-refractivity contribution in [2.45, 2.75) is 48.9 Å². The minimum absolute atomic E-state index is 0.172. The Morgan fingerprint density at radius 2 is 1.82 bits per heavy atom. The van der Waals surface area contributed by atoms with Crippen LogP contribution in [-0.4, -0.2) is 46.2 Å². The van der Waals surface area contributed by atoms with E-state index in [1.54, 1.807) is 11.8 Å². The van der Waals surface area contributed by atoms with Crippen molar-refractivity contribution in [3.63, 3.8) is 0 Å². The van der Waals surface area contributed by atoms with Crippen LogP contribution >= 0.6 is 11.8 Å². The molecule has 2 aliphatic rings. The van der Waals surface area contributed by atoms with Crippen LogP contribution in [0, 0.1) is 11.3 Å². The number of aliphatic hydroxyl groups is 1. The van der Waals surface area contributed by atoms with Crippen LogP contribution in [0.2, 0.25) is 0 Å². The number of thioether (sulfide) groups is 1. The van der Waals surface area contributed by atoms with Crippen LogP contribution < -0.4 is 0 Å². The van der Waals surface area contributed by atoms with Gasteiger partial charge in [-0.15, -0.1) is 11.8 Å². The third kappa shape index (κ3) is 2.96. The minimum Gasteiger partial charge on any atom is -0.389 e. The van der Waals surface area contributed by atoms with Crippen molar-refractivity contribution in [1.82, 2.24) is 4.90 Å². The Morgan fingerprint density at radius 3 is 2.29 bits per heavy atom. The molecule has 4 heteroatoms. The van der Waals surface area contributed by atoms with E-state index < -0.39 is 5.60 Å². The first-order chi connectivity index (χ1) is 8.11. The summed E-state index contributed by atoms with van der Waals surface area (Å²) in [6, 6.07) is 2.46. The molecule has 1 saturated heterocycles. The fourth-order valence-corrected chi connectivity index (χ4v) is 3.72. The summed E-state index contributed by atoms with van der Waals surface area (Å²) in [7, 11) is 0. The molecule has 96 valence electrons. The summed E-state index contributed by atoms with van der Waals surface area (Å²) in [5, 5.41) is 19.6. The summed E-state index contributed by atoms with van der Waals surface area (Å²) in [5.41, 5.74) is -0.438. The first-order valence-electron chi connectivity index (χ1n) is 6.53. The second-order valence-corrected chi connectivity index (χ2v) is 6.71. The molecule has 1 N–H and O–H groups in total. The Balaban J connectivity index is 1.85. The lowest BCUT2D eigenvalue weighted by Crippen LogP contribution is -2.48. The largest absolute Gasteiger partial charge is 0.389 e. The summed E-state index contributed by atoms with van der Waals surface area (Å²) in [5.74, 6) is 0. The van der Waals surface area contributed by atoms with Crippen molar-refractivity contribution in [3.8, 4) is 6.07 Å². The van der Waals surface area contributed by atoms with Gasteiger partial charge in [-0.3, -0.25) is 0 Å². The number of hydrogen-bond acceptors (Lipinski definition) is 4. The molecule has 0 radical (unpaired) electrons. The highest BCUT2D eigenvalue weighted by molar-refractivity contribution is 8.00. The highest BCUT2D eigenvalue weighted by atomic mass is 32.2. The molecule has 3 nitrogen and oxygen atoms in total. The van der Waals surface area contributed by atoms with E-state index in [9.17, 15) is 10.4 Å². The average Bonchev–Trinajstić information content (AvgIpc) is 2.77. The van der Waals surface area contributed by atoms with Gasteiger partial charge in [0.05, 0.1) is 11.7 Å². The molecule has 0 aromatic carbocycles. The molecule has 17 heavy (non-hydrogen) atoms. The quantitative estimate of drug-likeness (QED) is 0.837. The standard InChI is InChI=1S/C13H22N2OS/c1-17-13(10-14)6-8-15(9-7-13)11-12(16)4-2-3-5-12/h16H,2-9,11H2,1H3. The van der Waals surface area contributed by atoms with E-state index in [-0.39, 0.29) is 4.75 Å². The van der Waals surface area contributed by atoms with Crippen LogP contribution in [0.25, 0.3) is 0 Å². The molecule has 1 saturated carbocycles. The Kier molecular flexibility index (Phi) is 4.02. The van der Waals surface area contributed by atoms with E-state index in [1.807, 2.05) is 6.26 Å². The smallest absolute Gasteiger partial charge is 0.104 e. The van der Waals surface area contributed by atoms with Gasteiger partial charge in [-0.2, -0.15) is 5.26 Å². The summed E-state index contributed by atoms with van der Waals surface area (Å²) in [6.07, 6.45) is 8.13. The van der Waals surface area contributed by atoms with E-state index in [4.69, 9.17) is 0 Å². The molecule has 1 aliphatic heterocycles. The average molecular weight is 254 g/mol. The van der Waals surface area contributed by atoms with Crippen LogP contribution in [0.4, 0.5) is 0 Å². The van der Waals surface area contributed by atoms with E-state index in [0.717, 1.165) is 58.2 Å². The van der Waals surface area contributed by atoms with Crippen molar-refractivity contribution in [1.29, 1.82) is 5.26 Å². The number of piperidine rings is 1. The summed E-state index contributed by atoms with van der Waals surface area (Å²) >= 11 is 1.69. The van der Waals surface area contributed by atoms with E-state index in [1.165, 1.54) is 0 Å². The molecular formula is C13H22N2OS. The second-order valence-electron chi connectivity index (χ2n) is 5.52. The SMILES string of the molecule is CSC1(C#N)CCN(CC2(O)CCCC2)CC1. The van der Waals surface area contributed by atoms with Gasteiger partial charge in [0.15, 0.2) is 0 Å². The first-order valence-corrected chi connectivity index (χ1v) is 7.75. The number of hydrogen-bond donors (Lipinski definition) is 1. The zero-order chi connectivity index (χ0) is 12.4. The van der Waals surface area contributed by atoms with Gasteiger partial charge in [-0.05, 0) is 31.9 Å². The minimum atomic E-state index is -0.438. The second kappa shape index (κ2) is 5.17. The maximum absolute atomic E-state index is 10.4. The predicted molar refractivity (Wildman–Crippen MR) is 71.0 cm³/mol. The monoisotopic (exact) mass is 254 g/mol. The first kappa shape index (κ1) is 13.2. The van der Waals surface area contributed by atoms with Crippen LogP contribution in [-0.2, 0) is 0 Å². The highest BCUT2D eigenvalue weighted by Crippen LogP contribution is 2.36. The maximum atomic E-state index is 10.4. The van der Waals surface area contributed by atoms with Crippen molar-refractivity contribution in [3.05, 3.63) is 0 Å². The lowest BCUT2D eigenvalue weighted by atomic mass is 9.94.